The topological polar surface area (TPSA) is 33.1 Å². The molecule has 118 valence electrons. The molecule has 21 heavy (non-hydrogen) atoms. The maximum atomic E-state index is 4.75. The van der Waals surface area contributed by atoms with E-state index in [1.807, 2.05) is 0 Å². The maximum Gasteiger partial charge on any atom is 0.0765 e. The number of aromatic nitrogens is 2. The maximum absolute atomic E-state index is 4.75. The van der Waals surface area contributed by atoms with E-state index in [4.69, 9.17) is 5.10 Å². The molecule has 2 fully saturated rings. The molecule has 0 bridgehead atoms. The van der Waals surface area contributed by atoms with Crippen LogP contribution in [-0.4, -0.2) is 39.4 Å². The molecule has 1 aromatic rings. The van der Waals surface area contributed by atoms with E-state index in [0.717, 1.165) is 25.6 Å². The first-order chi connectivity index (χ1) is 10.0. The molecule has 1 aromatic heterocycles. The van der Waals surface area contributed by atoms with E-state index in [2.05, 4.69) is 54.9 Å². The Balaban J connectivity index is 1.75. The van der Waals surface area contributed by atoms with Gasteiger partial charge in [-0.25, -0.2) is 0 Å². The van der Waals surface area contributed by atoms with E-state index in [9.17, 15) is 0 Å². The molecule has 4 nitrogen and oxygen atoms in total. The highest BCUT2D eigenvalue weighted by molar-refractivity contribution is 5.08. The third-order valence-electron chi connectivity index (χ3n) is 5.41. The van der Waals surface area contributed by atoms with Gasteiger partial charge in [0.05, 0.1) is 5.69 Å². The number of hydrogen-bond donors (Lipinski definition) is 1. The average molecular weight is 290 g/mol. The summed E-state index contributed by atoms with van der Waals surface area (Å²) in [6, 6.07) is 3.26. The standard InChI is InChI=1S/C17H30N4/c1-5-15-10-20(17(4,12-18-15)14-6-7-14)11-16-8-9-21(19-16)13(2)3/h8-9,13-15,18H,5-7,10-12H2,1-4H3. The van der Waals surface area contributed by atoms with Gasteiger partial charge >= 0.3 is 0 Å². The minimum Gasteiger partial charge on any atom is -0.311 e. The molecule has 1 aliphatic carbocycles. The summed E-state index contributed by atoms with van der Waals surface area (Å²) in [4.78, 5) is 2.70. The molecule has 1 aliphatic heterocycles. The zero-order chi connectivity index (χ0) is 15.0. The van der Waals surface area contributed by atoms with Gasteiger partial charge in [-0.1, -0.05) is 6.92 Å². The third-order valence-corrected chi connectivity index (χ3v) is 5.41. The Labute approximate surface area is 128 Å². The lowest BCUT2D eigenvalue weighted by Gasteiger charge is -2.48. The lowest BCUT2D eigenvalue weighted by Crippen LogP contribution is -2.63. The summed E-state index contributed by atoms with van der Waals surface area (Å²) in [5, 5.41) is 8.51. The van der Waals surface area contributed by atoms with Gasteiger partial charge < -0.3 is 5.32 Å². The van der Waals surface area contributed by atoms with Crippen molar-refractivity contribution in [2.75, 3.05) is 13.1 Å². The molecule has 0 spiro atoms. The molecular formula is C17H30N4. The number of rotatable bonds is 5. The summed E-state index contributed by atoms with van der Waals surface area (Å²) in [6.45, 7) is 12.4. The summed E-state index contributed by atoms with van der Waals surface area (Å²) in [5.41, 5.74) is 1.53. The number of nitrogens with zero attached hydrogens (tertiary/aromatic N) is 3. The minimum absolute atomic E-state index is 0.313. The van der Waals surface area contributed by atoms with Crippen molar-refractivity contribution in [1.29, 1.82) is 0 Å². The Morgan fingerprint density at radius 1 is 1.43 bits per heavy atom. The molecule has 1 saturated heterocycles. The van der Waals surface area contributed by atoms with Crippen molar-refractivity contribution in [2.24, 2.45) is 5.92 Å². The molecule has 2 aliphatic rings. The van der Waals surface area contributed by atoms with E-state index in [1.54, 1.807) is 0 Å². The second-order valence-corrected chi connectivity index (χ2v) is 7.38. The summed E-state index contributed by atoms with van der Waals surface area (Å²) in [5.74, 6) is 0.870. The highest BCUT2D eigenvalue weighted by Crippen LogP contribution is 2.44. The molecular weight excluding hydrogens is 260 g/mol. The first-order valence-corrected chi connectivity index (χ1v) is 8.55. The number of nitrogens with one attached hydrogen (secondary N) is 1. The van der Waals surface area contributed by atoms with Crippen molar-refractivity contribution >= 4 is 0 Å². The Hall–Kier alpha value is -0.870. The zero-order valence-electron chi connectivity index (χ0n) is 14.0. The van der Waals surface area contributed by atoms with Crippen molar-refractivity contribution in [2.45, 2.75) is 71.1 Å². The van der Waals surface area contributed by atoms with Crippen molar-refractivity contribution < 1.29 is 0 Å². The molecule has 2 unspecified atom stereocenters. The van der Waals surface area contributed by atoms with Crippen LogP contribution in [0.15, 0.2) is 12.3 Å². The van der Waals surface area contributed by atoms with Gasteiger partial charge in [0.2, 0.25) is 0 Å². The molecule has 3 rings (SSSR count). The predicted octanol–water partition coefficient (Wildman–Crippen LogP) is 2.82. The van der Waals surface area contributed by atoms with Crippen LogP contribution in [0.25, 0.3) is 0 Å². The highest BCUT2D eigenvalue weighted by atomic mass is 15.3. The van der Waals surface area contributed by atoms with Crippen LogP contribution in [0, 0.1) is 5.92 Å². The monoisotopic (exact) mass is 290 g/mol. The van der Waals surface area contributed by atoms with Gasteiger partial charge in [-0.15, -0.1) is 0 Å². The van der Waals surface area contributed by atoms with E-state index >= 15 is 0 Å². The zero-order valence-corrected chi connectivity index (χ0v) is 14.0. The van der Waals surface area contributed by atoms with Crippen LogP contribution in [0.4, 0.5) is 0 Å². The quantitative estimate of drug-likeness (QED) is 0.905. The van der Waals surface area contributed by atoms with Crippen LogP contribution in [0.1, 0.15) is 58.7 Å². The largest absolute Gasteiger partial charge is 0.311 e. The van der Waals surface area contributed by atoms with Gasteiger partial charge in [-0.3, -0.25) is 9.58 Å². The fourth-order valence-electron chi connectivity index (χ4n) is 3.57. The Kier molecular flexibility index (Phi) is 4.10. The van der Waals surface area contributed by atoms with Crippen molar-refractivity contribution in [3.63, 3.8) is 0 Å². The predicted molar refractivity (Wildman–Crippen MR) is 86.2 cm³/mol. The first-order valence-electron chi connectivity index (χ1n) is 8.55. The Bertz CT molecular complexity index is 477. The molecule has 1 saturated carbocycles. The summed E-state index contributed by atoms with van der Waals surface area (Å²) in [7, 11) is 0. The van der Waals surface area contributed by atoms with Gasteiger partial charge in [0.15, 0.2) is 0 Å². The van der Waals surface area contributed by atoms with Crippen molar-refractivity contribution in [3.8, 4) is 0 Å². The molecule has 0 amide bonds. The third kappa shape index (κ3) is 3.02. The van der Waals surface area contributed by atoms with Gasteiger partial charge in [0.25, 0.3) is 0 Å². The van der Waals surface area contributed by atoms with E-state index in [-0.39, 0.29) is 0 Å². The summed E-state index contributed by atoms with van der Waals surface area (Å²) < 4.78 is 2.07. The van der Waals surface area contributed by atoms with Gasteiger partial charge in [0.1, 0.15) is 0 Å². The molecule has 2 heterocycles. The number of hydrogen-bond acceptors (Lipinski definition) is 3. The smallest absolute Gasteiger partial charge is 0.0765 e. The molecule has 2 atom stereocenters. The molecule has 1 N–H and O–H groups in total. The lowest BCUT2D eigenvalue weighted by molar-refractivity contribution is 0.0259. The average Bonchev–Trinajstić information content (AvgIpc) is 3.22. The van der Waals surface area contributed by atoms with Crippen LogP contribution in [0.3, 0.4) is 0 Å². The van der Waals surface area contributed by atoms with Crippen molar-refractivity contribution in [1.82, 2.24) is 20.0 Å². The minimum atomic E-state index is 0.313. The van der Waals surface area contributed by atoms with Crippen LogP contribution >= 0.6 is 0 Å². The van der Waals surface area contributed by atoms with E-state index < -0.39 is 0 Å². The molecule has 0 radical (unpaired) electrons. The number of piperazine rings is 1. The van der Waals surface area contributed by atoms with Gasteiger partial charge in [-0.05, 0) is 52.0 Å². The van der Waals surface area contributed by atoms with Crippen LogP contribution in [0.2, 0.25) is 0 Å². The summed E-state index contributed by atoms with van der Waals surface area (Å²) in [6.07, 6.45) is 6.11. The van der Waals surface area contributed by atoms with Gasteiger partial charge in [0, 0.05) is 43.5 Å². The normalized spacial score (nSPS) is 31.0. The molecule has 0 aromatic carbocycles. The Morgan fingerprint density at radius 2 is 2.19 bits per heavy atom. The van der Waals surface area contributed by atoms with Crippen molar-refractivity contribution in [3.05, 3.63) is 18.0 Å². The lowest BCUT2D eigenvalue weighted by atomic mass is 9.89. The van der Waals surface area contributed by atoms with Gasteiger partial charge in [-0.2, -0.15) is 5.10 Å². The first kappa shape index (κ1) is 15.0. The van der Waals surface area contributed by atoms with E-state index in [1.165, 1.54) is 25.0 Å². The second kappa shape index (κ2) is 5.73. The van der Waals surface area contributed by atoms with Crippen LogP contribution in [-0.2, 0) is 6.54 Å². The van der Waals surface area contributed by atoms with E-state index in [0.29, 0.717) is 17.6 Å². The fourth-order valence-corrected chi connectivity index (χ4v) is 3.57. The Morgan fingerprint density at radius 3 is 2.76 bits per heavy atom. The second-order valence-electron chi connectivity index (χ2n) is 7.38. The van der Waals surface area contributed by atoms with Crippen LogP contribution < -0.4 is 5.32 Å². The fraction of sp³-hybridized carbons (Fsp3) is 0.824. The highest BCUT2D eigenvalue weighted by Gasteiger charge is 2.48. The summed E-state index contributed by atoms with van der Waals surface area (Å²) >= 11 is 0. The van der Waals surface area contributed by atoms with Crippen LogP contribution in [0.5, 0.6) is 0 Å². The SMILES string of the molecule is CCC1CN(Cc2ccn(C(C)C)n2)C(C)(C2CC2)CN1. The molecule has 4 heteroatoms.